The smallest absolute Gasteiger partial charge is 0.0534 e. The molecule has 0 N–H and O–H groups in total. The van der Waals surface area contributed by atoms with Gasteiger partial charge in [-0.25, -0.2) is 0 Å². The fourth-order valence-electron chi connectivity index (χ4n) is 9.93. The van der Waals surface area contributed by atoms with Gasteiger partial charge < -0.3 is 0 Å². The van der Waals surface area contributed by atoms with Crippen LogP contribution in [0.2, 0.25) is 0 Å². The van der Waals surface area contributed by atoms with Crippen LogP contribution in [0.25, 0.3) is 128 Å². The normalized spacial score (nSPS) is 12.1. The first kappa shape index (κ1) is 32.3. The fourth-order valence-corrected chi connectivity index (χ4v) is 12.5. The summed E-state index contributed by atoms with van der Waals surface area (Å²) in [4.78, 5) is 0. The summed E-state index contributed by atoms with van der Waals surface area (Å²) in [5.41, 5.74) is 7.63. The van der Waals surface area contributed by atoms with E-state index in [1.807, 2.05) is 22.7 Å². The lowest BCUT2D eigenvalue weighted by Gasteiger charge is -2.20. The molecule has 13 aromatic rings. The Morgan fingerprint density at radius 3 is 1.48 bits per heavy atom. The van der Waals surface area contributed by atoms with Gasteiger partial charge in [-0.05, 0) is 105 Å². The molecule has 0 unspecified atom stereocenters. The minimum atomic E-state index is 1.24. The molecule has 0 fully saturated rings. The molecule has 13 rings (SSSR count). The Balaban J connectivity index is 1.07. The van der Waals surface area contributed by atoms with Crippen molar-refractivity contribution < 1.29 is 0 Å². The molecule has 0 radical (unpaired) electrons. The van der Waals surface area contributed by atoms with E-state index in [1.54, 1.807) is 0 Å². The molecule has 0 bridgehead atoms. The third kappa shape index (κ3) is 4.56. The number of rotatable bonds is 3. The second-order valence-electron chi connectivity index (χ2n) is 15.5. The summed E-state index contributed by atoms with van der Waals surface area (Å²) >= 11 is 3.87. The van der Waals surface area contributed by atoms with E-state index in [0.717, 1.165) is 0 Å². The fraction of sp³-hybridized carbons (Fsp3) is 0. The van der Waals surface area contributed by atoms with Gasteiger partial charge >= 0.3 is 0 Å². The van der Waals surface area contributed by atoms with Crippen LogP contribution in [-0.2, 0) is 0 Å². The standard InChI is InChI=1S/C56H32S2/c1-2-14-34-31-35(26-25-33(34)13-1)52-42-20-7-9-22-44(42)53(45-23-10-8-21-43(45)52)46-28-27-39(36-15-3-4-16-37(36)46)49-32-51-54(41-19-6-5-17-38(41)49)48-30-29-47-40-18-11-12-24-50(40)57-55(47)56(48)58-51/h1-32H. The first-order valence-corrected chi connectivity index (χ1v) is 21.6. The monoisotopic (exact) mass is 768 g/mol. The Morgan fingerprint density at radius 2 is 0.759 bits per heavy atom. The van der Waals surface area contributed by atoms with Gasteiger partial charge in [0.1, 0.15) is 0 Å². The first-order chi connectivity index (χ1) is 28.8. The molecule has 0 spiro atoms. The van der Waals surface area contributed by atoms with E-state index >= 15 is 0 Å². The highest BCUT2D eigenvalue weighted by Crippen LogP contribution is 2.50. The van der Waals surface area contributed by atoms with Gasteiger partial charge in [0.2, 0.25) is 0 Å². The number of fused-ring (bicyclic) bond motifs is 13. The van der Waals surface area contributed by atoms with Gasteiger partial charge in [-0.15, -0.1) is 22.7 Å². The molecule has 0 amide bonds. The Hall–Kier alpha value is -6.84. The summed E-state index contributed by atoms with van der Waals surface area (Å²) in [5, 5.41) is 18.2. The summed E-state index contributed by atoms with van der Waals surface area (Å²) in [5.74, 6) is 0. The number of hydrogen-bond donors (Lipinski definition) is 0. The molecule has 11 aromatic carbocycles. The van der Waals surface area contributed by atoms with E-state index in [0.29, 0.717) is 0 Å². The van der Waals surface area contributed by atoms with Crippen molar-refractivity contribution in [3.8, 4) is 33.4 Å². The summed E-state index contributed by atoms with van der Waals surface area (Å²) in [6, 6.07) is 72.5. The minimum Gasteiger partial charge on any atom is -0.134 e. The highest BCUT2D eigenvalue weighted by molar-refractivity contribution is 7.33. The van der Waals surface area contributed by atoms with Gasteiger partial charge in [0.05, 0.1) is 9.40 Å². The molecule has 58 heavy (non-hydrogen) atoms. The van der Waals surface area contributed by atoms with Gasteiger partial charge in [0.25, 0.3) is 0 Å². The molecule has 0 saturated heterocycles. The van der Waals surface area contributed by atoms with E-state index in [-0.39, 0.29) is 0 Å². The predicted molar refractivity (Wildman–Crippen MR) is 256 cm³/mol. The van der Waals surface area contributed by atoms with Crippen LogP contribution in [0.15, 0.2) is 194 Å². The molecule has 0 saturated carbocycles. The summed E-state index contributed by atoms with van der Waals surface area (Å²) in [6.07, 6.45) is 0. The average Bonchev–Trinajstić information content (AvgIpc) is 3.86. The summed E-state index contributed by atoms with van der Waals surface area (Å²) in [7, 11) is 0. The highest BCUT2D eigenvalue weighted by Gasteiger charge is 2.21. The molecule has 268 valence electrons. The van der Waals surface area contributed by atoms with Crippen LogP contribution in [0, 0.1) is 0 Å². The van der Waals surface area contributed by atoms with E-state index in [1.165, 1.54) is 128 Å². The van der Waals surface area contributed by atoms with Crippen molar-refractivity contribution in [1.82, 2.24) is 0 Å². The van der Waals surface area contributed by atoms with Crippen molar-refractivity contribution >= 4 is 117 Å². The Labute approximate surface area is 342 Å². The number of benzene rings is 11. The Kier molecular flexibility index (Phi) is 6.86. The van der Waals surface area contributed by atoms with Crippen molar-refractivity contribution in [1.29, 1.82) is 0 Å². The highest BCUT2D eigenvalue weighted by atomic mass is 32.1. The number of hydrogen-bond acceptors (Lipinski definition) is 2. The Morgan fingerprint density at radius 1 is 0.259 bits per heavy atom. The molecule has 0 aliphatic rings. The predicted octanol–water partition coefficient (Wildman–Crippen LogP) is 17.2. The maximum absolute atomic E-state index is 2.48. The second kappa shape index (κ2) is 12.3. The van der Waals surface area contributed by atoms with Gasteiger partial charge in [0.15, 0.2) is 0 Å². The zero-order chi connectivity index (χ0) is 37.9. The maximum Gasteiger partial charge on any atom is 0.0534 e. The molecular formula is C56H32S2. The second-order valence-corrected chi connectivity index (χ2v) is 17.6. The Bertz CT molecular complexity index is 3800. The maximum atomic E-state index is 2.48. The van der Waals surface area contributed by atoms with Crippen LogP contribution in [0.3, 0.4) is 0 Å². The van der Waals surface area contributed by atoms with E-state index in [9.17, 15) is 0 Å². The molecule has 0 aliphatic heterocycles. The van der Waals surface area contributed by atoms with Gasteiger partial charge in [-0.3, -0.25) is 0 Å². The molecule has 2 heterocycles. The molecule has 0 atom stereocenters. The number of thiophene rings is 2. The molecule has 0 nitrogen and oxygen atoms in total. The van der Waals surface area contributed by atoms with Crippen LogP contribution in [0.5, 0.6) is 0 Å². The van der Waals surface area contributed by atoms with Gasteiger partial charge in [-0.2, -0.15) is 0 Å². The van der Waals surface area contributed by atoms with Crippen molar-refractivity contribution in [2.75, 3.05) is 0 Å². The van der Waals surface area contributed by atoms with Crippen molar-refractivity contribution in [2.45, 2.75) is 0 Å². The minimum absolute atomic E-state index is 1.24. The molecule has 2 heteroatoms. The molecule has 0 aliphatic carbocycles. The van der Waals surface area contributed by atoms with E-state index < -0.39 is 0 Å². The lowest BCUT2D eigenvalue weighted by Crippen LogP contribution is -1.93. The van der Waals surface area contributed by atoms with Crippen molar-refractivity contribution in [2.24, 2.45) is 0 Å². The molecule has 2 aromatic heterocycles. The zero-order valence-electron chi connectivity index (χ0n) is 31.3. The average molecular weight is 769 g/mol. The van der Waals surface area contributed by atoms with Crippen LogP contribution in [0.1, 0.15) is 0 Å². The van der Waals surface area contributed by atoms with Crippen molar-refractivity contribution in [3.05, 3.63) is 194 Å². The zero-order valence-corrected chi connectivity index (χ0v) is 32.9. The van der Waals surface area contributed by atoms with Gasteiger partial charge in [0, 0.05) is 30.9 Å². The SMILES string of the molecule is c1ccc2cc(-c3c4ccccc4c(-c4ccc(-c5cc6sc7c(ccc8c9ccccc9sc87)c6c6ccccc56)c5ccccc45)c4ccccc34)ccc2c1. The summed E-state index contributed by atoms with van der Waals surface area (Å²) in [6.45, 7) is 0. The van der Waals surface area contributed by atoms with E-state index in [4.69, 9.17) is 0 Å². The van der Waals surface area contributed by atoms with Crippen LogP contribution in [-0.4, -0.2) is 0 Å². The first-order valence-electron chi connectivity index (χ1n) is 19.9. The largest absolute Gasteiger partial charge is 0.134 e. The lowest BCUT2D eigenvalue weighted by molar-refractivity contribution is 1.67. The topological polar surface area (TPSA) is 0 Å². The van der Waals surface area contributed by atoms with E-state index in [2.05, 4.69) is 194 Å². The van der Waals surface area contributed by atoms with Crippen LogP contribution in [0.4, 0.5) is 0 Å². The quantitative estimate of drug-likeness (QED) is 0.157. The van der Waals surface area contributed by atoms with Crippen molar-refractivity contribution in [3.63, 3.8) is 0 Å². The third-order valence-electron chi connectivity index (χ3n) is 12.4. The summed E-state index contributed by atoms with van der Waals surface area (Å²) < 4.78 is 5.47. The van der Waals surface area contributed by atoms with Gasteiger partial charge in [-0.1, -0.05) is 176 Å². The third-order valence-corrected chi connectivity index (χ3v) is 14.9. The lowest BCUT2D eigenvalue weighted by atomic mass is 9.83. The van der Waals surface area contributed by atoms with Crippen LogP contribution < -0.4 is 0 Å². The molecular weight excluding hydrogens is 737 g/mol. The van der Waals surface area contributed by atoms with Crippen LogP contribution >= 0.6 is 22.7 Å².